The molecule has 0 aliphatic rings. The van der Waals surface area contributed by atoms with E-state index in [9.17, 15) is 18.0 Å². The van der Waals surface area contributed by atoms with Crippen LogP contribution in [0.15, 0.2) is 42.9 Å². The van der Waals surface area contributed by atoms with E-state index in [0.29, 0.717) is 0 Å². The van der Waals surface area contributed by atoms with Gasteiger partial charge >= 0.3 is 6.18 Å². The highest BCUT2D eigenvalue weighted by atomic mass is 19.4. The van der Waals surface area contributed by atoms with Crippen molar-refractivity contribution in [2.75, 3.05) is 6.61 Å². The summed E-state index contributed by atoms with van der Waals surface area (Å²) in [5, 5.41) is 2.76. The molecule has 0 spiro atoms. The van der Waals surface area contributed by atoms with Crippen LogP contribution in [0, 0.1) is 0 Å². The lowest BCUT2D eigenvalue weighted by Gasteiger charge is -2.14. The quantitative estimate of drug-likeness (QED) is 0.918. The molecule has 2 heterocycles. The van der Waals surface area contributed by atoms with Crippen LogP contribution in [0.2, 0.25) is 0 Å². The van der Waals surface area contributed by atoms with E-state index in [1.807, 2.05) is 6.92 Å². The van der Waals surface area contributed by atoms with E-state index in [4.69, 9.17) is 0 Å². The number of alkyl halides is 3. The maximum Gasteiger partial charge on any atom is 0.422 e. The van der Waals surface area contributed by atoms with Crippen LogP contribution in [0.3, 0.4) is 0 Å². The van der Waals surface area contributed by atoms with Crippen LogP contribution in [-0.2, 0) is 0 Å². The third kappa shape index (κ3) is 5.24. The van der Waals surface area contributed by atoms with E-state index < -0.39 is 12.8 Å². The predicted octanol–water partition coefficient (Wildman–Crippen LogP) is 2.91. The fourth-order valence-corrected chi connectivity index (χ4v) is 1.77. The van der Waals surface area contributed by atoms with Crippen molar-refractivity contribution in [3.8, 4) is 5.88 Å². The van der Waals surface area contributed by atoms with E-state index in [2.05, 4.69) is 20.0 Å². The van der Waals surface area contributed by atoms with Crippen molar-refractivity contribution in [3.63, 3.8) is 0 Å². The molecule has 122 valence electrons. The lowest BCUT2D eigenvalue weighted by Crippen LogP contribution is -2.26. The van der Waals surface area contributed by atoms with Crippen molar-refractivity contribution < 1.29 is 22.7 Å². The number of carbonyl (C=O) groups is 1. The molecule has 2 aromatic rings. The molecule has 0 unspecified atom stereocenters. The number of ether oxygens (including phenoxy) is 1. The minimum absolute atomic E-state index is 0.193. The summed E-state index contributed by atoms with van der Waals surface area (Å²) < 4.78 is 40.6. The zero-order chi connectivity index (χ0) is 16.9. The highest BCUT2D eigenvalue weighted by molar-refractivity contribution is 5.94. The second-order valence-corrected chi connectivity index (χ2v) is 4.76. The number of carbonyl (C=O) groups excluding carboxylic acids is 1. The van der Waals surface area contributed by atoms with Gasteiger partial charge in [-0.05, 0) is 30.7 Å². The number of rotatable bonds is 5. The Labute approximate surface area is 130 Å². The summed E-state index contributed by atoms with van der Waals surface area (Å²) in [5.41, 5.74) is 1.11. The second kappa shape index (κ2) is 7.08. The van der Waals surface area contributed by atoms with Crippen LogP contribution in [-0.4, -0.2) is 28.7 Å². The predicted molar refractivity (Wildman–Crippen MR) is 75.9 cm³/mol. The molecule has 8 heteroatoms. The summed E-state index contributed by atoms with van der Waals surface area (Å²) in [6.07, 6.45) is -0.0311. The van der Waals surface area contributed by atoms with Crippen LogP contribution < -0.4 is 10.1 Å². The topological polar surface area (TPSA) is 64.1 Å². The summed E-state index contributed by atoms with van der Waals surface area (Å²) in [7, 11) is 0. The van der Waals surface area contributed by atoms with E-state index >= 15 is 0 Å². The first-order valence-corrected chi connectivity index (χ1v) is 6.71. The van der Waals surface area contributed by atoms with E-state index in [1.54, 1.807) is 24.5 Å². The minimum Gasteiger partial charge on any atom is -0.468 e. The Bertz CT molecular complexity index is 645. The summed E-state index contributed by atoms with van der Waals surface area (Å²) in [4.78, 5) is 19.7. The van der Waals surface area contributed by atoms with Crippen LogP contribution in [0.25, 0.3) is 0 Å². The monoisotopic (exact) mass is 325 g/mol. The molecular weight excluding hydrogens is 311 g/mol. The summed E-state index contributed by atoms with van der Waals surface area (Å²) in [5.74, 6) is -0.578. The molecule has 23 heavy (non-hydrogen) atoms. The normalized spacial score (nSPS) is 12.5. The molecule has 0 aliphatic carbocycles. The van der Waals surface area contributed by atoms with Gasteiger partial charge in [-0.1, -0.05) is 0 Å². The van der Waals surface area contributed by atoms with Gasteiger partial charge in [0.2, 0.25) is 5.88 Å². The summed E-state index contributed by atoms with van der Waals surface area (Å²) in [6, 6.07) is 5.88. The van der Waals surface area contributed by atoms with Crippen molar-refractivity contribution in [2.45, 2.75) is 19.1 Å². The van der Waals surface area contributed by atoms with Crippen molar-refractivity contribution >= 4 is 5.91 Å². The van der Waals surface area contributed by atoms with Gasteiger partial charge in [-0.3, -0.25) is 9.78 Å². The van der Waals surface area contributed by atoms with Crippen LogP contribution in [0.1, 0.15) is 28.9 Å². The Morgan fingerprint density at radius 3 is 2.52 bits per heavy atom. The van der Waals surface area contributed by atoms with Gasteiger partial charge in [0.15, 0.2) is 6.61 Å². The zero-order valence-electron chi connectivity index (χ0n) is 12.2. The average molecular weight is 325 g/mol. The third-order valence-corrected chi connectivity index (χ3v) is 2.94. The Morgan fingerprint density at radius 1 is 1.26 bits per heavy atom. The molecule has 0 aromatic carbocycles. The number of amides is 1. The number of nitrogens with zero attached hydrogens (tertiary/aromatic N) is 2. The zero-order valence-corrected chi connectivity index (χ0v) is 12.2. The highest BCUT2D eigenvalue weighted by Gasteiger charge is 2.28. The fourth-order valence-electron chi connectivity index (χ4n) is 1.77. The smallest absolute Gasteiger partial charge is 0.422 e. The van der Waals surface area contributed by atoms with Crippen LogP contribution in [0.4, 0.5) is 13.2 Å². The molecule has 2 rings (SSSR count). The molecule has 0 saturated carbocycles. The van der Waals surface area contributed by atoms with Gasteiger partial charge in [-0.2, -0.15) is 13.2 Å². The Morgan fingerprint density at radius 2 is 1.96 bits per heavy atom. The lowest BCUT2D eigenvalue weighted by atomic mass is 10.1. The maximum atomic E-state index is 12.1. The Balaban J connectivity index is 1.95. The molecule has 0 radical (unpaired) electrons. The van der Waals surface area contributed by atoms with Crippen molar-refractivity contribution in [3.05, 3.63) is 54.0 Å². The van der Waals surface area contributed by atoms with Gasteiger partial charge in [0.05, 0.1) is 11.6 Å². The highest BCUT2D eigenvalue weighted by Crippen LogP contribution is 2.17. The Hall–Kier alpha value is -2.64. The number of aromatic nitrogens is 2. The van der Waals surface area contributed by atoms with Gasteiger partial charge in [0.25, 0.3) is 5.91 Å². The van der Waals surface area contributed by atoms with Gasteiger partial charge in [-0.15, -0.1) is 0 Å². The first-order valence-electron chi connectivity index (χ1n) is 6.71. The summed E-state index contributed by atoms with van der Waals surface area (Å²) >= 11 is 0. The molecular formula is C15H14F3N3O2. The number of pyridine rings is 2. The number of hydrogen-bond acceptors (Lipinski definition) is 4. The molecule has 5 nitrogen and oxygen atoms in total. The first kappa shape index (κ1) is 16.7. The minimum atomic E-state index is -4.43. The number of halogens is 3. The van der Waals surface area contributed by atoms with E-state index in [0.717, 1.165) is 5.56 Å². The van der Waals surface area contributed by atoms with Gasteiger partial charge in [-0.25, -0.2) is 4.98 Å². The van der Waals surface area contributed by atoms with Gasteiger partial charge in [0.1, 0.15) is 0 Å². The number of hydrogen-bond donors (Lipinski definition) is 1. The molecule has 2 aromatic heterocycles. The van der Waals surface area contributed by atoms with Crippen LogP contribution >= 0.6 is 0 Å². The standard InChI is InChI=1S/C15H14F3N3O2/c1-10(11-4-6-19-7-5-11)21-14(22)12-2-3-13(20-8-12)23-9-15(16,17)18/h2-8,10H,9H2,1H3,(H,21,22)/t10-/m1/s1. The largest absolute Gasteiger partial charge is 0.468 e. The molecule has 0 saturated heterocycles. The SMILES string of the molecule is C[C@@H](NC(=O)c1ccc(OCC(F)(F)F)nc1)c1ccncc1. The molecule has 0 aliphatic heterocycles. The summed E-state index contributed by atoms with van der Waals surface area (Å²) in [6.45, 7) is 0.381. The first-order chi connectivity index (χ1) is 10.8. The fraction of sp³-hybridized carbons (Fsp3) is 0.267. The second-order valence-electron chi connectivity index (χ2n) is 4.76. The van der Waals surface area contributed by atoms with Gasteiger partial charge in [0, 0.05) is 24.7 Å². The Kier molecular flexibility index (Phi) is 5.15. The van der Waals surface area contributed by atoms with Gasteiger partial charge < -0.3 is 10.1 Å². The van der Waals surface area contributed by atoms with E-state index in [1.165, 1.54) is 18.3 Å². The number of nitrogens with one attached hydrogen (secondary N) is 1. The van der Waals surface area contributed by atoms with Crippen molar-refractivity contribution in [1.29, 1.82) is 0 Å². The van der Waals surface area contributed by atoms with Crippen LogP contribution in [0.5, 0.6) is 5.88 Å². The van der Waals surface area contributed by atoms with Crippen molar-refractivity contribution in [2.24, 2.45) is 0 Å². The molecule has 1 atom stereocenters. The van der Waals surface area contributed by atoms with E-state index in [-0.39, 0.29) is 23.4 Å². The molecule has 0 fully saturated rings. The lowest BCUT2D eigenvalue weighted by molar-refractivity contribution is -0.154. The third-order valence-electron chi connectivity index (χ3n) is 2.94. The molecule has 1 amide bonds. The molecule has 1 N–H and O–H groups in total. The molecule has 0 bridgehead atoms. The average Bonchev–Trinajstić information content (AvgIpc) is 2.53. The van der Waals surface area contributed by atoms with Crippen molar-refractivity contribution in [1.82, 2.24) is 15.3 Å². The maximum absolute atomic E-state index is 12.1.